The van der Waals surface area contributed by atoms with E-state index in [-0.39, 0.29) is 11.5 Å². The van der Waals surface area contributed by atoms with Crippen molar-refractivity contribution in [1.82, 2.24) is 24.0 Å². The van der Waals surface area contributed by atoms with Crippen LogP contribution in [0.2, 0.25) is 0 Å². The van der Waals surface area contributed by atoms with Gasteiger partial charge in [0.2, 0.25) is 15.9 Å². The number of hydrogen-bond acceptors (Lipinski definition) is 7. The number of carbonyl (C=O) groups is 1. The molecule has 0 radical (unpaired) electrons. The molecule has 1 fully saturated rings. The summed E-state index contributed by atoms with van der Waals surface area (Å²) in [6, 6.07) is 8.23. The molecule has 34 heavy (non-hydrogen) atoms. The summed E-state index contributed by atoms with van der Waals surface area (Å²) in [5.74, 6) is -0.0807. The number of pyridine rings is 1. The number of ether oxygens (including phenoxy) is 1. The fraction of sp³-hybridized carbons (Fsp3) is 0.435. The van der Waals surface area contributed by atoms with Gasteiger partial charge in [-0.15, -0.1) is 5.10 Å². The second-order valence-corrected chi connectivity index (χ2v) is 10.3. The number of carbonyl (C=O) groups excluding carboxylic acids is 1. The maximum atomic E-state index is 13.1. The quantitative estimate of drug-likeness (QED) is 0.543. The highest BCUT2D eigenvalue weighted by molar-refractivity contribution is 7.89. The minimum atomic E-state index is -3.63. The number of anilines is 1. The maximum absolute atomic E-state index is 13.1. The molecule has 3 aromatic rings. The number of piperazine rings is 1. The van der Waals surface area contributed by atoms with Gasteiger partial charge in [0, 0.05) is 44.6 Å². The molecule has 10 nitrogen and oxygen atoms in total. The second kappa shape index (κ2) is 9.69. The van der Waals surface area contributed by atoms with Gasteiger partial charge in [0.25, 0.3) is 5.91 Å². The molecule has 3 heterocycles. The van der Waals surface area contributed by atoms with E-state index in [1.54, 1.807) is 29.9 Å². The average Bonchev–Trinajstić information content (AvgIpc) is 3.13. The Balaban J connectivity index is 1.43. The van der Waals surface area contributed by atoms with Crippen LogP contribution in [-0.2, 0) is 21.9 Å². The highest BCUT2D eigenvalue weighted by Crippen LogP contribution is 2.27. The number of benzene rings is 1. The van der Waals surface area contributed by atoms with Crippen molar-refractivity contribution in [2.24, 2.45) is 7.05 Å². The maximum Gasteiger partial charge on any atom is 0.262 e. The molecule has 2 aromatic heterocycles. The van der Waals surface area contributed by atoms with Crippen molar-refractivity contribution in [3.63, 3.8) is 0 Å². The van der Waals surface area contributed by atoms with Gasteiger partial charge in [-0.3, -0.25) is 4.79 Å². The molecule has 11 heteroatoms. The van der Waals surface area contributed by atoms with Crippen LogP contribution in [0.15, 0.2) is 35.2 Å². The van der Waals surface area contributed by atoms with Crippen LogP contribution in [-0.4, -0.2) is 77.6 Å². The molecule has 0 saturated carbocycles. The Labute approximate surface area is 199 Å². The van der Waals surface area contributed by atoms with Gasteiger partial charge in [0.1, 0.15) is 0 Å². The highest BCUT2D eigenvalue weighted by Gasteiger charge is 2.28. The van der Waals surface area contributed by atoms with Crippen LogP contribution in [0.1, 0.15) is 18.2 Å². The molecule has 0 aliphatic carbocycles. The van der Waals surface area contributed by atoms with Crippen LogP contribution in [0.3, 0.4) is 0 Å². The number of nitrogens with one attached hydrogen (secondary N) is 1. The topological polar surface area (TPSA) is 110 Å². The van der Waals surface area contributed by atoms with Gasteiger partial charge in [-0.25, -0.2) is 18.1 Å². The van der Waals surface area contributed by atoms with Crippen LogP contribution in [0.4, 0.5) is 5.69 Å². The Hall–Kier alpha value is -3.02. The van der Waals surface area contributed by atoms with Gasteiger partial charge >= 0.3 is 0 Å². The van der Waals surface area contributed by atoms with Crippen molar-refractivity contribution < 1.29 is 17.9 Å². The van der Waals surface area contributed by atoms with Gasteiger partial charge in [0.05, 0.1) is 10.3 Å². The zero-order chi connectivity index (χ0) is 24.5. The van der Waals surface area contributed by atoms with E-state index in [1.807, 2.05) is 19.9 Å². The van der Waals surface area contributed by atoms with Gasteiger partial charge in [-0.1, -0.05) is 13.0 Å². The predicted molar refractivity (Wildman–Crippen MR) is 129 cm³/mol. The first-order chi connectivity index (χ1) is 16.2. The molecular formula is C23H30N6O4S. The first-order valence-corrected chi connectivity index (χ1v) is 12.7. The zero-order valence-corrected chi connectivity index (χ0v) is 20.7. The molecule has 1 saturated heterocycles. The van der Waals surface area contributed by atoms with Gasteiger partial charge in [0.15, 0.2) is 12.3 Å². The molecule has 1 aromatic carbocycles. The fourth-order valence-electron chi connectivity index (χ4n) is 4.15. The van der Waals surface area contributed by atoms with Crippen molar-refractivity contribution in [2.45, 2.75) is 25.7 Å². The molecule has 1 N–H and O–H groups in total. The largest absolute Gasteiger partial charge is 0.466 e. The molecular weight excluding hydrogens is 456 g/mol. The Morgan fingerprint density at radius 2 is 1.88 bits per heavy atom. The van der Waals surface area contributed by atoms with Crippen LogP contribution in [0, 0.1) is 13.8 Å². The average molecular weight is 487 g/mol. The van der Waals surface area contributed by atoms with Crippen LogP contribution in [0.25, 0.3) is 11.0 Å². The molecule has 1 amide bonds. The van der Waals surface area contributed by atoms with Gasteiger partial charge in [-0.05, 0) is 50.2 Å². The number of amides is 1. The Morgan fingerprint density at radius 1 is 1.15 bits per heavy atom. The lowest BCUT2D eigenvalue weighted by molar-refractivity contribution is -0.118. The number of rotatable bonds is 7. The summed E-state index contributed by atoms with van der Waals surface area (Å²) in [6.45, 7) is 8.87. The molecule has 1 aliphatic heterocycles. The van der Waals surface area contributed by atoms with E-state index in [2.05, 4.69) is 27.2 Å². The summed E-state index contributed by atoms with van der Waals surface area (Å²) >= 11 is 0. The van der Waals surface area contributed by atoms with Crippen LogP contribution in [0.5, 0.6) is 5.88 Å². The van der Waals surface area contributed by atoms with E-state index < -0.39 is 15.9 Å². The van der Waals surface area contributed by atoms with Crippen molar-refractivity contribution >= 4 is 32.7 Å². The van der Waals surface area contributed by atoms with E-state index in [0.717, 1.165) is 23.2 Å². The number of hydrogen-bond donors (Lipinski definition) is 1. The third-order valence-corrected chi connectivity index (χ3v) is 7.86. The van der Waals surface area contributed by atoms with Crippen molar-refractivity contribution in [2.75, 3.05) is 44.6 Å². The van der Waals surface area contributed by atoms with Crippen molar-refractivity contribution in [1.29, 1.82) is 0 Å². The van der Waals surface area contributed by atoms with E-state index in [4.69, 9.17) is 4.74 Å². The second-order valence-electron chi connectivity index (χ2n) is 8.41. The third-order valence-electron chi connectivity index (χ3n) is 5.96. The smallest absolute Gasteiger partial charge is 0.262 e. The molecule has 0 spiro atoms. The van der Waals surface area contributed by atoms with Crippen LogP contribution < -0.4 is 10.1 Å². The number of likely N-dealkylation sites (N-methyl/N-ethyl adjacent to an activating group) is 1. The molecule has 1 aliphatic rings. The fourth-order valence-corrected chi connectivity index (χ4v) is 5.62. The SMILES string of the molecule is CCN1CCN(S(=O)(=O)c2cccc(NC(=O)COc3nn(C)c4nc(C)cc(C)c34)c2)CC1. The summed E-state index contributed by atoms with van der Waals surface area (Å²) in [5, 5.41) is 7.82. The molecule has 0 atom stereocenters. The summed E-state index contributed by atoms with van der Waals surface area (Å²) in [5.41, 5.74) is 2.91. The van der Waals surface area contributed by atoms with Gasteiger partial charge < -0.3 is 15.0 Å². The monoisotopic (exact) mass is 486 g/mol. The van der Waals surface area contributed by atoms with E-state index in [0.29, 0.717) is 43.4 Å². The third kappa shape index (κ3) is 4.91. The molecule has 0 bridgehead atoms. The predicted octanol–water partition coefficient (Wildman–Crippen LogP) is 1.93. The standard InChI is InChI=1S/C23H30N6O4S/c1-5-28-9-11-29(12-10-28)34(31,32)19-8-6-7-18(14-19)25-20(30)15-33-23-21-16(2)13-17(3)24-22(21)27(4)26-23/h6-8,13-14H,5,9-12,15H2,1-4H3,(H,25,30). The Morgan fingerprint density at radius 3 is 2.59 bits per heavy atom. The highest BCUT2D eigenvalue weighted by atomic mass is 32.2. The number of aromatic nitrogens is 3. The van der Waals surface area contributed by atoms with E-state index >= 15 is 0 Å². The van der Waals surface area contributed by atoms with Crippen molar-refractivity contribution in [3.05, 3.63) is 41.6 Å². The lowest BCUT2D eigenvalue weighted by Crippen LogP contribution is -2.48. The molecule has 182 valence electrons. The Bertz CT molecular complexity index is 1310. The number of nitrogens with zero attached hydrogens (tertiary/aromatic N) is 5. The summed E-state index contributed by atoms with van der Waals surface area (Å²) < 4.78 is 34.9. The number of aryl methyl sites for hydroxylation is 3. The van der Waals surface area contributed by atoms with E-state index in [1.165, 1.54) is 10.4 Å². The number of sulfonamides is 1. The lowest BCUT2D eigenvalue weighted by atomic mass is 10.2. The minimum Gasteiger partial charge on any atom is -0.466 e. The minimum absolute atomic E-state index is 0.156. The normalized spacial score (nSPS) is 15.5. The number of fused-ring (bicyclic) bond motifs is 1. The summed E-state index contributed by atoms with van der Waals surface area (Å²) in [4.78, 5) is 19.4. The van der Waals surface area contributed by atoms with Crippen molar-refractivity contribution in [3.8, 4) is 5.88 Å². The first-order valence-electron chi connectivity index (χ1n) is 11.2. The molecule has 4 rings (SSSR count). The first kappa shape index (κ1) is 24.1. The zero-order valence-electron chi connectivity index (χ0n) is 19.9. The summed E-state index contributed by atoms with van der Waals surface area (Å²) in [6.07, 6.45) is 0. The van der Waals surface area contributed by atoms with E-state index in [9.17, 15) is 13.2 Å². The lowest BCUT2D eigenvalue weighted by Gasteiger charge is -2.33. The van der Waals surface area contributed by atoms with Crippen LogP contribution >= 0.6 is 0 Å². The van der Waals surface area contributed by atoms with Gasteiger partial charge in [-0.2, -0.15) is 4.31 Å². The Kier molecular flexibility index (Phi) is 6.87. The molecule has 0 unspecified atom stereocenters. The summed E-state index contributed by atoms with van der Waals surface area (Å²) in [7, 11) is -1.86.